The zero-order chi connectivity index (χ0) is 12.3. The minimum absolute atomic E-state index is 0.00595. The zero-order valence-electron chi connectivity index (χ0n) is 9.63. The Kier molecular flexibility index (Phi) is 3.53. The minimum atomic E-state index is -0.447. The first-order valence-corrected chi connectivity index (χ1v) is 5.64. The maximum Gasteiger partial charge on any atom is 0.276 e. The van der Waals surface area contributed by atoms with Crippen LogP contribution in [0.2, 0.25) is 0 Å². The Morgan fingerprint density at radius 1 is 1.65 bits per heavy atom. The van der Waals surface area contributed by atoms with Gasteiger partial charge in [-0.1, -0.05) is 6.92 Å². The van der Waals surface area contributed by atoms with Gasteiger partial charge in [-0.05, 0) is 18.9 Å². The Labute approximate surface area is 99.2 Å². The molecule has 6 heteroatoms. The minimum Gasteiger partial charge on any atom is -0.473 e. The zero-order valence-corrected chi connectivity index (χ0v) is 9.63. The van der Waals surface area contributed by atoms with Crippen molar-refractivity contribution in [1.82, 2.24) is 10.3 Å². The maximum atomic E-state index is 10.6. The molecule has 2 unspecified atom stereocenters. The molecular formula is C11H15N3O3. The van der Waals surface area contributed by atoms with Gasteiger partial charge in [0.2, 0.25) is 5.88 Å². The number of aromatic nitrogens is 1. The van der Waals surface area contributed by atoms with E-state index in [4.69, 9.17) is 4.74 Å². The number of pyridine rings is 1. The summed E-state index contributed by atoms with van der Waals surface area (Å²) in [6.07, 6.45) is 2.46. The summed E-state index contributed by atoms with van der Waals surface area (Å²) in [6, 6.07) is 2.72. The molecule has 0 saturated carbocycles. The topological polar surface area (TPSA) is 77.3 Å². The van der Waals surface area contributed by atoms with Gasteiger partial charge >= 0.3 is 0 Å². The molecule has 0 amide bonds. The van der Waals surface area contributed by atoms with Crippen molar-refractivity contribution in [3.05, 3.63) is 28.4 Å². The molecule has 1 aliphatic heterocycles. The molecule has 92 valence electrons. The van der Waals surface area contributed by atoms with Crippen molar-refractivity contribution in [1.29, 1.82) is 0 Å². The van der Waals surface area contributed by atoms with Crippen LogP contribution in [0.1, 0.15) is 13.3 Å². The van der Waals surface area contributed by atoms with Crippen molar-refractivity contribution in [3.8, 4) is 5.88 Å². The fraction of sp³-hybridized carbons (Fsp3) is 0.545. The molecule has 1 fully saturated rings. The van der Waals surface area contributed by atoms with E-state index in [2.05, 4.69) is 17.2 Å². The summed E-state index contributed by atoms with van der Waals surface area (Å²) in [5, 5.41) is 13.9. The van der Waals surface area contributed by atoms with Crippen LogP contribution < -0.4 is 10.1 Å². The van der Waals surface area contributed by atoms with Gasteiger partial charge in [-0.25, -0.2) is 4.98 Å². The fourth-order valence-corrected chi connectivity index (χ4v) is 1.85. The third-order valence-electron chi connectivity index (χ3n) is 2.96. The van der Waals surface area contributed by atoms with Crippen molar-refractivity contribution in [3.63, 3.8) is 0 Å². The van der Waals surface area contributed by atoms with Crippen LogP contribution in [0.15, 0.2) is 18.3 Å². The van der Waals surface area contributed by atoms with Crippen LogP contribution in [-0.4, -0.2) is 29.1 Å². The highest BCUT2D eigenvalue weighted by molar-refractivity contribution is 5.32. The molecule has 1 aromatic rings. The van der Waals surface area contributed by atoms with Gasteiger partial charge in [-0.15, -0.1) is 0 Å². The summed E-state index contributed by atoms with van der Waals surface area (Å²) in [7, 11) is 0. The van der Waals surface area contributed by atoms with E-state index in [0.717, 1.165) is 19.5 Å². The first-order chi connectivity index (χ1) is 8.16. The van der Waals surface area contributed by atoms with Gasteiger partial charge in [0.05, 0.1) is 11.0 Å². The summed E-state index contributed by atoms with van der Waals surface area (Å²) < 4.78 is 5.68. The lowest BCUT2D eigenvalue weighted by molar-refractivity contribution is -0.385. The number of hydrogen-bond donors (Lipinski definition) is 1. The molecule has 0 radical (unpaired) electrons. The molecule has 2 atom stereocenters. The summed E-state index contributed by atoms with van der Waals surface area (Å²) in [5.74, 6) is 0.747. The Bertz CT molecular complexity index is 411. The van der Waals surface area contributed by atoms with E-state index in [1.165, 1.54) is 18.3 Å². The highest BCUT2D eigenvalue weighted by Crippen LogP contribution is 2.21. The molecule has 0 aliphatic carbocycles. The lowest BCUT2D eigenvalue weighted by atomic mass is 9.97. The molecule has 2 rings (SSSR count). The number of nitro groups is 1. The van der Waals surface area contributed by atoms with E-state index in [9.17, 15) is 10.1 Å². The Morgan fingerprint density at radius 3 is 3.18 bits per heavy atom. The molecular weight excluding hydrogens is 222 g/mol. The molecule has 2 heterocycles. The molecule has 1 saturated heterocycles. The number of piperidine rings is 1. The quantitative estimate of drug-likeness (QED) is 0.634. The van der Waals surface area contributed by atoms with Gasteiger partial charge in [0, 0.05) is 18.8 Å². The van der Waals surface area contributed by atoms with E-state index in [-0.39, 0.29) is 11.8 Å². The summed E-state index contributed by atoms with van der Waals surface area (Å²) in [6.45, 7) is 3.86. The molecule has 0 aromatic carbocycles. The largest absolute Gasteiger partial charge is 0.473 e. The van der Waals surface area contributed by atoms with Gasteiger partial charge in [-0.3, -0.25) is 10.1 Å². The fourth-order valence-electron chi connectivity index (χ4n) is 1.85. The average Bonchev–Trinajstić information content (AvgIpc) is 2.32. The second-order valence-corrected chi connectivity index (χ2v) is 4.24. The smallest absolute Gasteiger partial charge is 0.276 e. The van der Waals surface area contributed by atoms with Crippen LogP contribution in [-0.2, 0) is 0 Å². The number of ether oxygens (including phenoxy) is 1. The summed E-state index contributed by atoms with van der Waals surface area (Å²) in [4.78, 5) is 14.2. The van der Waals surface area contributed by atoms with Crippen LogP contribution >= 0.6 is 0 Å². The number of rotatable bonds is 3. The molecule has 17 heavy (non-hydrogen) atoms. The normalized spacial score (nSPS) is 24.3. The Balaban J connectivity index is 2.07. The van der Waals surface area contributed by atoms with Gasteiger partial charge in [-0.2, -0.15) is 0 Å². The van der Waals surface area contributed by atoms with Gasteiger partial charge < -0.3 is 10.1 Å². The van der Waals surface area contributed by atoms with Crippen molar-refractivity contribution in [2.45, 2.75) is 19.4 Å². The molecule has 6 nitrogen and oxygen atoms in total. The van der Waals surface area contributed by atoms with Gasteiger partial charge in [0.15, 0.2) is 0 Å². The van der Waals surface area contributed by atoms with Gasteiger partial charge in [0.25, 0.3) is 5.69 Å². The number of nitrogens with zero attached hydrogens (tertiary/aromatic N) is 2. The maximum absolute atomic E-state index is 10.6. The van der Waals surface area contributed by atoms with Crippen LogP contribution in [0.4, 0.5) is 5.69 Å². The molecule has 0 spiro atoms. The van der Waals surface area contributed by atoms with Crippen molar-refractivity contribution >= 4 is 5.69 Å². The lowest BCUT2D eigenvalue weighted by Gasteiger charge is -2.29. The number of nitrogens with one attached hydrogen (secondary N) is 1. The van der Waals surface area contributed by atoms with Crippen LogP contribution in [0.3, 0.4) is 0 Å². The second-order valence-electron chi connectivity index (χ2n) is 4.24. The SMILES string of the molecule is CC1CCNCC1Oc1cc([N+](=O)[O-])ccn1. The Morgan fingerprint density at radius 2 is 2.47 bits per heavy atom. The molecule has 1 aromatic heterocycles. The van der Waals surface area contributed by atoms with Crippen LogP contribution in [0.5, 0.6) is 5.88 Å². The highest BCUT2D eigenvalue weighted by Gasteiger charge is 2.23. The van der Waals surface area contributed by atoms with E-state index >= 15 is 0 Å². The molecule has 0 bridgehead atoms. The predicted octanol–water partition coefficient (Wildman–Crippen LogP) is 1.37. The Hall–Kier alpha value is -1.69. The van der Waals surface area contributed by atoms with E-state index in [1.807, 2.05) is 0 Å². The van der Waals surface area contributed by atoms with E-state index in [1.54, 1.807) is 0 Å². The third kappa shape index (κ3) is 2.91. The summed E-state index contributed by atoms with van der Waals surface area (Å²) in [5.41, 5.74) is 0.00595. The first-order valence-electron chi connectivity index (χ1n) is 5.64. The monoisotopic (exact) mass is 237 g/mol. The average molecular weight is 237 g/mol. The molecule has 1 aliphatic rings. The van der Waals surface area contributed by atoms with Crippen LogP contribution in [0.25, 0.3) is 0 Å². The summed E-state index contributed by atoms with van der Waals surface area (Å²) >= 11 is 0. The van der Waals surface area contributed by atoms with Gasteiger partial charge in [0.1, 0.15) is 6.10 Å². The predicted molar refractivity (Wildman–Crippen MR) is 62.0 cm³/mol. The lowest BCUT2D eigenvalue weighted by Crippen LogP contribution is -2.42. The standard InChI is InChI=1S/C11H15N3O3/c1-8-2-4-12-7-10(8)17-11-6-9(14(15)16)3-5-13-11/h3,5-6,8,10,12H,2,4,7H2,1H3. The van der Waals surface area contributed by atoms with E-state index in [0.29, 0.717) is 11.8 Å². The number of hydrogen-bond acceptors (Lipinski definition) is 5. The second kappa shape index (κ2) is 5.09. The third-order valence-corrected chi connectivity index (χ3v) is 2.96. The van der Waals surface area contributed by atoms with Crippen molar-refractivity contribution in [2.75, 3.05) is 13.1 Å². The van der Waals surface area contributed by atoms with Crippen molar-refractivity contribution in [2.24, 2.45) is 5.92 Å². The van der Waals surface area contributed by atoms with E-state index < -0.39 is 4.92 Å². The van der Waals surface area contributed by atoms with Crippen molar-refractivity contribution < 1.29 is 9.66 Å². The van der Waals surface area contributed by atoms with Crippen LogP contribution in [0, 0.1) is 16.0 Å². The molecule has 1 N–H and O–H groups in total. The first kappa shape index (κ1) is 11.8. The highest BCUT2D eigenvalue weighted by atomic mass is 16.6.